The number of methoxy groups -OCH3 is 1. The summed E-state index contributed by atoms with van der Waals surface area (Å²) in [5.41, 5.74) is 3.90. The highest BCUT2D eigenvalue weighted by Gasteiger charge is 2.12. The van der Waals surface area contributed by atoms with Crippen LogP contribution in [0.15, 0.2) is 53.9 Å². The van der Waals surface area contributed by atoms with Gasteiger partial charge in [-0.05, 0) is 38.2 Å². The number of likely N-dealkylation sites (N-methyl/N-ethyl adjacent to an activating group) is 1. The number of anilines is 1. The first-order chi connectivity index (χ1) is 13.0. The van der Waals surface area contributed by atoms with Gasteiger partial charge < -0.3 is 10.1 Å². The normalized spacial score (nSPS) is 10.8. The van der Waals surface area contributed by atoms with Crippen LogP contribution in [-0.2, 0) is 11.3 Å². The van der Waals surface area contributed by atoms with Gasteiger partial charge in [-0.1, -0.05) is 29.8 Å². The van der Waals surface area contributed by atoms with Crippen LogP contribution in [0.3, 0.4) is 0 Å². The first kappa shape index (κ1) is 19.1. The van der Waals surface area contributed by atoms with Crippen molar-refractivity contribution in [2.45, 2.75) is 13.5 Å². The Bertz CT molecular complexity index is 906. The highest BCUT2D eigenvalue weighted by Crippen LogP contribution is 2.32. The van der Waals surface area contributed by atoms with Crippen LogP contribution in [-0.4, -0.2) is 36.5 Å². The lowest BCUT2D eigenvalue weighted by molar-refractivity contribution is -0.117. The molecule has 0 saturated carbocycles. The number of carbonyl (C=O) groups is 1. The molecule has 0 aliphatic rings. The number of hydrogen-bond acceptors (Lipinski definition) is 5. The Morgan fingerprint density at radius 3 is 2.67 bits per heavy atom. The average molecular weight is 382 g/mol. The van der Waals surface area contributed by atoms with E-state index in [-0.39, 0.29) is 5.91 Å². The van der Waals surface area contributed by atoms with Crippen LogP contribution in [0.4, 0.5) is 5.69 Å². The SMILES string of the molecule is COc1ccccc1-c1nc(CN(C)CC(=O)Nc2ccc(C)cc2)cs1. The molecule has 0 radical (unpaired) electrons. The third-order valence-electron chi connectivity index (χ3n) is 4.07. The van der Waals surface area contributed by atoms with Crippen molar-refractivity contribution in [3.05, 3.63) is 65.2 Å². The number of benzene rings is 2. The summed E-state index contributed by atoms with van der Waals surface area (Å²) in [5.74, 6) is 0.769. The Labute approximate surface area is 163 Å². The van der Waals surface area contributed by atoms with Crippen molar-refractivity contribution in [2.75, 3.05) is 26.0 Å². The minimum Gasteiger partial charge on any atom is -0.496 e. The fourth-order valence-corrected chi connectivity index (χ4v) is 3.58. The molecule has 0 unspecified atom stereocenters. The van der Waals surface area contributed by atoms with Crippen molar-refractivity contribution in [3.8, 4) is 16.3 Å². The molecule has 3 rings (SSSR count). The molecule has 0 saturated heterocycles. The van der Waals surface area contributed by atoms with E-state index < -0.39 is 0 Å². The highest BCUT2D eigenvalue weighted by molar-refractivity contribution is 7.13. The van der Waals surface area contributed by atoms with Gasteiger partial charge in [0.15, 0.2) is 0 Å². The molecule has 0 spiro atoms. The van der Waals surface area contributed by atoms with Gasteiger partial charge in [-0.15, -0.1) is 11.3 Å². The molecule has 1 N–H and O–H groups in total. The summed E-state index contributed by atoms with van der Waals surface area (Å²) in [4.78, 5) is 18.9. The number of rotatable bonds is 7. The third-order valence-corrected chi connectivity index (χ3v) is 4.99. The number of nitrogens with zero attached hydrogens (tertiary/aromatic N) is 2. The van der Waals surface area contributed by atoms with E-state index in [9.17, 15) is 4.79 Å². The van der Waals surface area contributed by atoms with Gasteiger partial charge in [0.25, 0.3) is 0 Å². The number of ether oxygens (including phenoxy) is 1. The van der Waals surface area contributed by atoms with Gasteiger partial charge in [0.2, 0.25) is 5.91 Å². The predicted octanol–water partition coefficient (Wildman–Crippen LogP) is 4.20. The van der Waals surface area contributed by atoms with Gasteiger partial charge in [-0.2, -0.15) is 0 Å². The molecule has 140 valence electrons. The van der Waals surface area contributed by atoms with Gasteiger partial charge in [0.1, 0.15) is 10.8 Å². The number of aromatic nitrogens is 1. The fraction of sp³-hybridized carbons (Fsp3) is 0.238. The van der Waals surface area contributed by atoms with Crippen LogP contribution in [0.2, 0.25) is 0 Å². The Hall–Kier alpha value is -2.70. The van der Waals surface area contributed by atoms with Crippen molar-refractivity contribution in [3.63, 3.8) is 0 Å². The van der Waals surface area contributed by atoms with Gasteiger partial charge in [-0.25, -0.2) is 4.98 Å². The minimum atomic E-state index is -0.0402. The number of hydrogen-bond donors (Lipinski definition) is 1. The second-order valence-electron chi connectivity index (χ2n) is 6.43. The number of aryl methyl sites for hydroxylation is 1. The molecule has 0 fully saturated rings. The largest absolute Gasteiger partial charge is 0.496 e. The Morgan fingerprint density at radius 2 is 1.93 bits per heavy atom. The quantitative estimate of drug-likeness (QED) is 0.666. The summed E-state index contributed by atoms with van der Waals surface area (Å²) in [5, 5.41) is 5.86. The number of nitrogens with one attached hydrogen (secondary N) is 1. The molecular weight excluding hydrogens is 358 g/mol. The zero-order chi connectivity index (χ0) is 19.2. The molecule has 6 heteroatoms. The van der Waals surface area contributed by atoms with E-state index in [2.05, 4.69) is 5.32 Å². The molecule has 3 aromatic rings. The molecule has 27 heavy (non-hydrogen) atoms. The van der Waals surface area contributed by atoms with Crippen LogP contribution in [0.1, 0.15) is 11.3 Å². The van der Waals surface area contributed by atoms with E-state index in [0.717, 1.165) is 27.7 Å². The Kier molecular flexibility index (Phi) is 6.21. The molecule has 0 aliphatic heterocycles. The van der Waals surface area contributed by atoms with E-state index >= 15 is 0 Å². The standard InChI is InChI=1S/C21H23N3O2S/c1-15-8-10-16(11-9-15)22-20(25)13-24(2)12-17-14-27-21(23-17)18-6-4-5-7-19(18)26-3/h4-11,14H,12-13H2,1-3H3,(H,22,25). The molecule has 1 aromatic heterocycles. The van der Waals surface area contributed by atoms with Gasteiger partial charge in [0.05, 0.1) is 24.9 Å². The maximum atomic E-state index is 12.2. The van der Waals surface area contributed by atoms with Gasteiger partial charge in [0, 0.05) is 17.6 Å². The van der Waals surface area contributed by atoms with Crippen LogP contribution >= 0.6 is 11.3 Å². The van der Waals surface area contributed by atoms with Crippen molar-refractivity contribution in [1.29, 1.82) is 0 Å². The average Bonchev–Trinajstić information content (AvgIpc) is 3.11. The van der Waals surface area contributed by atoms with Crippen LogP contribution < -0.4 is 10.1 Å². The summed E-state index contributed by atoms with van der Waals surface area (Å²) in [6.45, 7) is 2.93. The molecule has 5 nitrogen and oxygen atoms in total. The second-order valence-corrected chi connectivity index (χ2v) is 7.29. The Morgan fingerprint density at radius 1 is 1.19 bits per heavy atom. The molecule has 2 aromatic carbocycles. The van der Waals surface area contributed by atoms with Crippen molar-refractivity contribution in [2.24, 2.45) is 0 Å². The summed E-state index contributed by atoms with van der Waals surface area (Å²) >= 11 is 1.58. The molecule has 1 amide bonds. The van der Waals surface area contributed by atoms with Crippen molar-refractivity contribution >= 4 is 22.9 Å². The molecule has 1 heterocycles. The van der Waals surface area contributed by atoms with Gasteiger partial charge >= 0.3 is 0 Å². The fourth-order valence-electron chi connectivity index (χ4n) is 2.74. The molecule has 0 bridgehead atoms. The maximum Gasteiger partial charge on any atom is 0.238 e. The number of para-hydroxylation sites is 1. The number of carbonyl (C=O) groups excluding carboxylic acids is 1. The maximum absolute atomic E-state index is 12.2. The second kappa shape index (κ2) is 8.79. The summed E-state index contributed by atoms with van der Waals surface area (Å²) < 4.78 is 5.41. The molecule has 0 aliphatic carbocycles. The lowest BCUT2D eigenvalue weighted by Gasteiger charge is -2.15. The highest BCUT2D eigenvalue weighted by atomic mass is 32.1. The smallest absolute Gasteiger partial charge is 0.238 e. The van der Waals surface area contributed by atoms with E-state index in [0.29, 0.717) is 13.1 Å². The zero-order valence-electron chi connectivity index (χ0n) is 15.7. The van der Waals surface area contributed by atoms with Gasteiger partial charge in [-0.3, -0.25) is 9.69 Å². The first-order valence-corrected chi connectivity index (χ1v) is 9.56. The Balaban J connectivity index is 1.58. The summed E-state index contributed by atoms with van der Waals surface area (Å²) in [6, 6.07) is 15.6. The lowest BCUT2D eigenvalue weighted by Crippen LogP contribution is -2.29. The van der Waals surface area contributed by atoms with E-state index in [4.69, 9.17) is 9.72 Å². The zero-order valence-corrected chi connectivity index (χ0v) is 16.5. The van der Waals surface area contributed by atoms with Crippen molar-refractivity contribution in [1.82, 2.24) is 9.88 Å². The summed E-state index contributed by atoms with van der Waals surface area (Å²) in [7, 11) is 3.57. The number of amides is 1. The lowest BCUT2D eigenvalue weighted by atomic mass is 10.2. The third kappa shape index (κ3) is 5.15. The predicted molar refractivity (Wildman–Crippen MR) is 110 cm³/mol. The summed E-state index contributed by atoms with van der Waals surface area (Å²) in [6.07, 6.45) is 0. The monoisotopic (exact) mass is 381 g/mol. The van der Waals surface area contributed by atoms with Crippen LogP contribution in [0, 0.1) is 6.92 Å². The minimum absolute atomic E-state index is 0.0402. The van der Waals surface area contributed by atoms with Crippen LogP contribution in [0.25, 0.3) is 10.6 Å². The van der Waals surface area contributed by atoms with Crippen LogP contribution in [0.5, 0.6) is 5.75 Å². The van der Waals surface area contributed by atoms with E-state index in [1.165, 1.54) is 5.56 Å². The van der Waals surface area contributed by atoms with E-state index in [1.54, 1.807) is 18.4 Å². The number of thiazole rings is 1. The van der Waals surface area contributed by atoms with E-state index in [1.807, 2.05) is 72.8 Å². The molecular formula is C21H23N3O2S. The molecule has 0 atom stereocenters. The first-order valence-electron chi connectivity index (χ1n) is 8.68. The topological polar surface area (TPSA) is 54.5 Å². The van der Waals surface area contributed by atoms with Crippen molar-refractivity contribution < 1.29 is 9.53 Å².